The molecule has 0 bridgehead atoms. The zero-order valence-corrected chi connectivity index (χ0v) is 11.2. The topological polar surface area (TPSA) is 12.0 Å². The van der Waals surface area contributed by atoms with E-state index in [1.165, 1.54) is 31.7 Å². The predicted octanol–water partition coefficient (Wildman–Crippen LogP) is 4.60. The van der Waals surface area contributed by atoms with Crippen LogP contribution in [0.3, 0.4) is 0 Å². The highest BCUT2D eigenvalue weighted by molar-refractivity contribution is 5.24. The monoisotopic (exact) mass is 265 g/mol. The van der Waals surface area contributed by atoms with Gasteiger partial charge in [0.1, 0.15) is 0 Å². The van der Waals surface area contributed by atoms with Crippen molar-refractivity contribution in [1.82, 2.24) is 5.32 Å². The molecule has 0 spiro atoms. The summed E-state index contributed by atoms with van der Waals surface area (Å²) in [5.74, 6) is 0. The first kappa shape index (κ1) is 14.2. The van der Waals surface area contributed by atoms with Crippen molar-refractivity contribution in [3.05, 3.63) is 47.0 Å². The van der Waals surface area contributed by atoms with Crippen LogP contribution in [0.2, 0.25) is 0 Å². The molecule has 0 unspecified atom stereocenters. The van der Waals surface area contributed by atoms with E-state index in [0.717, 1.165) is 18.5 Å². The van der Waals surface area contributed by atoms with Crippen LogP contribution in [0, 0.1) is 0 Å². The van der Waals surface area contributed by atoms with Crippen molar-refractivity contribution in [3.63, 3.8) is 0 Å². The van der Waals surface area contributed by atoms with Crippen LogP contribution in [0.5, 0.6) is 0 Å². The fourth-order valence-electron chi connectivity index (χ4n) is 2.45. The SMILES string of the molecule is FC(F)c1cccc(CNCCC2=CCCCC2)c1. The Balaban J connectivity index is 1.73. The van der Waals surface area contributed by atoms with E-state index in [-0.39, 0.29) is 5.56 Å². The molecule has 1 aromatic rings. The highest BCUT2D eigenvalue weighted by Crippen LogP contribution is 2.20. The molecule has 0 atom stereocenters. The first-order valence-electron chi connectivity index (χ1n) is 7.01. The van der Waals surface area contributed by atoms with Crippen molar-refractivity contribution in [3.8, 4) is 0 Å². The maximum Gasteiger partial charge on any atom is 0.263 e. The van der Waals surface area contributed by atoms with Gasteiger partial charge in [-0.1, -0.05) is 29.8 Å². The molecule has 19 heavy (non-hydrogen) atoms. The van der Waals surface area contributed by atoms with E-state index in [4.69, 9.17) is 0 Å². The van der Waals surface area contributed by atoms with E-state index < -0.39 is 6.43 Å². The lowest BCUT2D eigenvalue weighted by molar-refractivity contribution is 0.151. The Kier molecular flexibility index (Phi) is 5.52. The van der Waals surface area contributed by atoms with Crippen molar-refractivity contribution in [2.75, 3.05) is 6.54 Å². The fraction of sp³-hybridized carbons (Fsp3) is 0.500. The van der Waals surface area contributed by atoms with Gasteiger partial charge in [0.15, 0.2) is 0 Å². The molecular weight excluding hydrogens is 244 g/mol. The number of benzene rings is 1. The summed E-state index contributed by atoms with van der Waals surface area (Å²) in [6.07, 6.45) is 6.11. The van der Waals surface area contributed by atoms with Gasteiger partial charge in [0, 0.05) is 12.1 Å². The Morgan fingerprint density at radius 3 is 2.84 bits per heavy atom. The molecular formula is C16H21F2N. The number of nitrogens with one attached hydrogen (secondary N) is 1. The second-order valence-corrected chi connectivity index (χ2v) is 5.08. The van der Waals surface area contributed by atoms with Gasteiger partial charge in [0.25, 0.3) is 6.43 Å². The average molecular weight is 265 g/mol. The van der Waals surface area contributed by atoms with E-state index in [1.54, 1.807) is 17.7 Å². The van der Waals surface area contributed by atoms with Crippen LogP contribution in [0.1, 0.15) is 49.7 Å². The molecule has 0 fully saturated rings. The van der Waals surface area contributed by atoms with Gasteiger partial charge in [-0.15, -0.1) is 0 Å². The molecule has 0 saturated carbocycles. The van der Waals surface area contributed by atoms with Crippen LogP contribution in [0.15, 0.2) is 35.9 Å². The summed E-state index contributed by atoms with van der Waals surface area (Å²) in [5.41, 5.74) is 2.57. The minimum Gasteiger partial charge on any atom is -0.312 e. The van der Waals surface area contributed by atoms with Gasteiger partial charge in [-0.2, -0.15) is 0 Å². The normalized spacial score (nSPS) is 15.6. The summed E-state index contributed by atoms with van der Waals surface area (Å²) in [7, 11) is 0. The van der Waals surface area contributed by atoms with Gasteiger partial charge < -0.3 is 5.32 Å². The van der Waals surface area contributed by atoms with Crippen molar-refractivity contribution in [1.29, 1.82) is 0 Å². The highest BCUT2D eigenvalue weighted by Gasteiger charge is 2.07. The maximum atomic E-state index is 12.6. The van der Waals surface area contributed by atoms with Crippen LogP contribution in [0.25, 0.3) is 0 Å². The molecule has 0 aliphatic heterocycles. The molecule has 1 aromatic carbocycles. The van der Waals surface area contributed by atoms with E-state index in [9.17, 15) is 8.78 Å². The first-order chi connectivity index (χ1) is 9.25. The van der Waals surface area contributed by atoms with E-state index in [1.807, 2.05) is 6.07 Å². The van der Waals surface area contributed by atoms with Gasteiger partial charge in [-0.05, 0) is 50.3 Å². The molecule has 0 saturated heterocycles. The van der Waals surface area contributed by atoms with Crippen LogP contribution < -0.4 is 5.32 Å². The molecule has 2 rings (SSSR count). The summed E-state index contributed by atoms with van der Waals surface area (Å²) in [6.45, 7) is 1.58. The number of hydrogen-bond acceptors (Lipinski definition) is 1. The average Bonchev–Trinajstić information content (AvgIpc) is 2.45. The number of allylic oxidation sites excluding steroid dienone is 1. The summed E-state index contributed by atoms with van der Waals surface area (Å²) in [5, 5.41) is 3.33. The minimum atomic E-state index is -2.38. The van der Waals surface area contributed by atoms with E-state index in [2.05, 4.69) is 11.4 Å². The zero-order chi connectivity index (χ0) is 13.5. The number of alkyl halides is 2. The Labute approximate surface area is 113 Å². The molecule has 0 amide bonds. The van der Waals surface area contributed by atoms with Gasteiger partial charge in [-0.25, -0.2) is 8.78 Å². The van der Waals surface area contributed by atoms with Gasteiger partial charge >= 0.3 is 0 Å². The second kappa shape index (κ2) is 7.39. The fourth-order valence-corrected chi connectivity index (χ4v) is 2.45. The standard InChI is InChI=1S/C16H21F2N/c17-16(18)15-8-4-7-14(11-15)12-19-10-9-13-5-2-1-3-6-13/h4-5,7-8,11,16,19H,1-3,6,9-10,12H2. The Morgan fingerprint density at radius 1 is 1.21 bits per heavy atom. The molecule has 104 valence electrons. The number of hydrogen-bond donors (Lipinski definition) is 1. The molecule has 1 N–H and O–H groups in total. The Hall–Kier alpha value is -1.22. The largest absolute Gasteiger partial charge is 0.312 e. The predicted molar refractivity (Wildman–Crippen MR) is 74.3 cm³/mol. The third-order valence-electron chi connectivity index (χ3n) is 3.54. The second-order valence-electron chi connectivity index (χ2n) is 5.08. The molecule has 0 radical (unpaired) electrons. The van der Waals surface area contributed by atoms with Crippen molar-refractivity contribution < 1.29 is 8.78 Å². The first-order valence-corrected chi connectivity index (χ1v) is 7.01. The van der Waals surface area contributed by atoms with Crippen LogP contribution >= 0.6 is 0 Å². The molecule has 1 aliphatic rings. The lowest BCUT2D eigenvalue weighted by Crippen LogP contribution is -2.15. The number of halogens is 2. The number of rotatable bonds is 6. The van der Waals surface area contributed by atoms with Crippen LogP contribution in [-0.2, 0) is 6.54 Å². The van der Waals surface area contributed by atoms with Crippen molar-refractivity contribution in [2.45, 2.75) is 45.1 Å². The Morgan fingerprint density at radius 2 is 2.11 bits per heavy atom. The van der Waals surface area contributed by atoms with E-state index >= 15 is 0 Å². The minimum absolute atomic E-state index is 0.106. The molecule has 1 aliphatic carbocycles. The quantitative estimate of drug-likeness (QED) is 0.585. The summed E-state index contributed by atoms with van der Waals surface area (Å²) < 4.78 is 25.1. The van der Waals surface area contributed by atoms with Gasteiger partial charge in [0.2, 0.25) is 0 Å². The zero-order valence-electron chi connectivity index (χ0n) is 11.2. The maximum absolute atomic E-state index is 12.6. The summed E-state index contributed by atoms with van der Waals surface area (Å²) >= 11 is 0. The Bertz CT molecular complexity index is 427. The van der Waals surface area contributed by atoms with Crippen molar-refractivity contribution in [2.24, 2.45) is 0 Å². The van der Waals surface area contributed by atoms with Crippen molar-refractivity contribution >= 4 is 0 Å². The van der Waals surface area contributed by atoms with Crippen LogP contribution in [-0.4, -0.2) is 6.54 Å². The van der Waals surface area contributed by atoms with E-state index in [0.29, 0.717) is 6.54 Å². The lowest BCUT2D eigenvalue weighted by atomic mass is 9.97. The molecule has 3 heteroatoms. The molecule has 0 heterocycles. The van der Waals surface area contributed by atoms with Gasteiger partial charge in [-0.3, -0.25) is 0 Å². The summed E-state index contributed by atoms with van der Waals surface area (Å²) in [4.78, 5) is 0. The smallest absolute Gasteiger partial charge is 0.263 e. The van der Waals surface area contributed by atoms with Crippen LogP contribution in [0.4, 0.5) is 8.78 Å². The third-order valence-corrected chi connectivity index (χ3v) is 3.54. The molecule has 0 aromatic heterocycles. The lowest BCUT2D eigenvalue weighted by Gasteiger charge is -2.13. The third kappa shape index (κ3) is 4.75. The highest BCUT2D eigenvalue weighted by atomic mass is 19.3. The van der Waals surface area contributed by atoms with Gasteiger partial charge in [0.05, 0.1) is 0 Å². The summed E-state index contributed by atoms with van der Waals surface area (Å²) in [6, 6.07) is 6.64. The molecule has 1 nitrogen and oxygen atoms in total.